The van der Waals surface area contributed by atoms with E-state index in [0.29, 0.717) is 5.69 Å². The van der Waals surface area contributed by atoms with E-state index in [4.69, 9.17) is 10.8 Å². The van der Waals surface area contributed by atoms with Gasteiger partial charge in [-0.05, 0) is 30.8 Å². The minimum atomic E-state index is -0.294. The maximum atomic E-state index is 11.4. The van der Waals surface area contributed by atoms with Crippen LogP contribution >= 0.6 is 11.8 Å². The molecule has 0 bridgehead atoms. The molecular weight excluding hydrogens is 224 g/mol. The second kappa shape index (κ2) is 6.02. The molecule has 0 aliphatic heterocycles. The van der Waals surface area contributed by atoms with E-state index in [0.717, 1.165) is 11.8 Å². The van der Waals surface area contributed by atoms with Crippen molar-refractivity contribution in [1.82, 2.24) is 10.3 Å². The number of aromatic nitrogens is 1. The van der Waals surface area contributed by atoms with Gasteiger partial charge in [0.25, 0.3) is 0 Å². The SMILES string of the molecule is CC(=N)SC(=N)NC(=O)Cc1ccccn1. The van der Waals surface area contributed by atoms with Crippen molar-refractivity contribution in [3.05, 3.63) is 30.1 Å². The van der Waals surface area contributed by atoms with Gasteiger partial charge in [-0.2, -0.15) is 0 Å². The second-order valence-corrected chi connectivity index (χ2v) is 4.26. The smallest absolute Gasteiger partial charge is 0.231 e. The van der Waals surface area contributed by atoms with Crippen molar-refractivity contribution in [2.24, 2.45) is 0 Å². The average molecular weight is 236 g/mol. The zero-order valence-corrected chi connectivity index (χ0v) is 9.60. The molecule has 0 saturated heterocycles. The number of rotatable bonds is 2. The lowest BCUT2D eigenvalue weighted by atomic mass is 10.2. The standard InChI is InChI=1S/C10H12N4OS/c1-7(11)16-10(12)14-9(15)6-8-4-2-3-5-13-8/h2-5,11H,6H2,1H3,(H2,12,14,15). The van der Waals surface area contributed by atoms with E-state index in [1.54, 1.807) is 31.3 Å². The molecule has 0 radical (unpaired) electrons. The number of carbonyl (C=O) groups excluding carboxylic acids is 1. The Morgan fingerprint density at radius 3 is 2.81 bits per heavy atom. The molecule has 1 rings (SSSR count). The van der Waals surface area contributed by atoms with E-state index >= 15 is 0 Å². The van der Waals surface area contributed by atoms with Crippen LogP contribution < -0.4 is 5.32 Å². The van der Waals surface area contributed by atoms with Crippen LogP contribution in [0.4, 0.5) is 0 Å². The largest absolute Gasteiger partial charge is 0.305 e. The Hall–Kier alpha value is -1.69. The van der Waals surface area contributed by atoms with Crippen molar-refractivity contribution in [3.8, 4) is 0 Å². The molecule has 16 heavy (non-hydrogen) atoms. The number of amidine groups is 1. The van der Waals surface area contributed by atoms with Crippen molar-refractivity contribution < 1.29 is 4.79 Å². The highest BCUT2D eigenvalue weighted by molar-refractivity contribution is 8.26. The molecule has 5 nitrogen and oxygen atoms in total. The lowest BCUT2D eigenvalue weighted by Crippen LogP contribution is -2.29. The van der Waals surface area contributed by atoms with Gasteiger partial charge in [-0.15, -0.1) is 0 Å². The highest BCUT2D eigenvalue weighted by Crippen LogP contribution is 2.01. The molecule has 0 aliphatic rings. The molecule has 1 amide bonds. The fourth-order valence-electron chi connectivity index (χ4n) is 1.02. The van der Waals surface area contributed by atoms with Crippen LogP contribution in [-0.4, -0.2) is 21.1 Å². The van der Waals surface area contributed by atoms with Gasteiger partial charge < -0.3 is 5.32 Å². The molecule has 0 aliphatic carbocycles. The summed E-state index contributed by atoms with van der Waals surface area (Å²) in [6, 6.07) is 5.33. The third kappa shape index (κ3) is 4.70. The maximum Gasteiger partial charge on any atom is 0.231 e. The minimum Gasteiger partial charge on any atom is -0.305 e. The summed E-state index contributed by atoms with van der Waals surface area (Å²) in [6.45, 7) is 1.56. The van der Waals surface area contributed by atoms with E-state index in [-0.39, 0.29) is 22.5 Å². The van der Waals surface area contributed by atoms with Crippen LogP contribution in [0.5, 0.6) is 0 Å². The van der Waals surface area contributed by atoms with Crippen molar-refractivity contribution in [1.29, 1.82) is 10.8 Å². The second-order valence-electron chi connectivity index (χ2n) is 3.03. The first-order chi connectivity index (χ1) is 7.58. The van der Waals surface area contributed by atoms with Crippen molar-refractivity contribution >= 4 is 27.9 Å². The first kappa shape index (κ1) is 12.4. The van der Waals surface area contributed by atoms with Gasteiger partial charge in [-0.3, -0.25) is 20.6 Å². The number of amides is 1. The first-order valence-electron chi connectivity index (χ1n) is 4.59. The highest BCUT2D eigenvalue weighted by atomic mass is 32.2. The minimum absolute atomic E-state index is 0.0339. The Balaban J connectivity index is 2.42. The first-order valence-corrected chi connectivity index (χ1v) is 5.41. The van der Waals surface area contributed by atoms with Crippen molar-refractivity contribution in [3.63, 3.8) is 0 Å². The number of carbonyl (C=O) groups is 1. The predicted octanol–water partition coefficient (Wildman–Crippen LogP) is 1.41. The lowest BCUT2D eigenvalue weighted by Gasteiger charge is -2.04. The maximum absolute atomic E-state index is 11.4. The summed E-state index contributed by atoms with van der Waals surface area (Å²) in [7, 11) is 0. The Kier molecular flexibility index (Phi) is 4.65. The van der Waals surface area contributed by atoms with E-state index in [9.17, 15) is 4.79 Å². The average Bonchev–Trinajstić information content (AvgIpc) is 2.17. The zero-order chi connectivity index (χ0) is 12.0. The van der Waals surface area contributed by atoms with Crippen molar-refractivity contribution in [2.75, 3.05) is 0 Å². The molecule has 0 unspecified atom stereocenters. The molecule has 1 aromatic heterocycles. The van der Waals surface area contributed by atoms with E-state index < -0.39 is 0 Å². The molecule has 84 valence electrons. The number of pyridine rings is 1. The number of hydrogen-bond acceptors (Lipinski definition) is 5. The third-order valence-electron chi connectivity index (χ3n) is 1.58. The monoisotopic (exact) mass is 236 g/mol. The summed E-state index contributed by atoms with van der Waals surface area (Å²) in [6.07, 6.45) is 1.76. The molecule has 0 aromatic carbocycles. The van der Waals surface area contributed by atoms with Crippen LogP contribution in [0, 0.1) is 10.8 Å². The summed E-state index contributed by atoms with van der Waals surface area (Å²) in [4.78, 5) is 15.4. The lowest BCUT2D eigenvalue weighted by molar-refractivity contribution is -0.119. The molecule has 0 fully saturated rings. The molecule has 1 aromatic rings. The van der Waals surface area contributed by atoms with Crippen molar-refractivity contribution in [2.45, 2.75) is 13.3 Å². The normalized spacial score (nSPS) is 9.56. The van der Waals surface area contributed by atoms with Gasteiger partial charge >= 0.3 is 0 Å². The molecule has 0 atom stereocenters. The number of hydrogen-bond donors (Lipinski definition) is 3. The third-order valence-corrected chi connectivity index (χ3v) is 2.19. The fourth-order valence-corrected chi connectivity index (χ4v) is 1.49. The van der Waals surface area contributed by atoms with Gasteiger partial charge in [-0.1, -0.05) is 6.07 Å². The summed E-state index contributed by atoms with van der Waals surface area (Å²) in [5.74, 6) is -0.294. The number of nitrogens with zero attached hydrogens (tertiary/aromatic N) is 1. The van der Waals surface area contributed by atoms with Gasteiger partial charge in [-0.25, -0.2) is 0 Å². The summed E-state index contributed by atoms with van der Waals surface area (Å²) in [5.41, 5.74) is 0.657. The predicted molar refractivity (Wildman–Crippen MR) is 64.8 cm³/mol. The molecule has 0 spiro atoms. The fraction of sp³-hybridized carbons (Fsp3) is 0.200. The molecule has 3 N–H and O–H groups in total. The van der Waals surface area contributed by atoms with Gasteiger partial charge in [0.05, 0.1) is 11.5 Å². The Bertz CT molecular complexity index is 405. The van der Waals surface area contributed by atoms with Crippen LogP contribution in [0.25, 0.3) is 0 Å². The Labute approximate surface area is 97.7 Å². The van der Waals surface area contributed by atoms with Gasteiger partial charge in [0, 0.05) is 11.9 Å². The molecule has 6 heteroatoms. The van der Waals surface area contributed by atoms with Crippen LogP contribution in [0.15, 0.2) is 24.4 Å². The quantitative estimate of drug-likeness (QED) is 0.535. The van der Waals surface area contributed by atoms with Crippen LogP contribution in [-0.2, 0) is 11.2 Å². The van der Waals surface area contributed by atoms with E-state index in [1.807, 2.05) is 0 Å². The summed E-state index contributed by atoms with van der Waals surface area (Å²) >= 11 is 0.908. The molecule has 1 heterocycles. The Morgan fingerprint density at radius 2 is 2.25 bits per heavy atom. The topological polar surface area (TPSA) is 89.7 Å². The van der Waals surface area contributed by atoms with Crippen LogP contribution in [0.1, 0.15) is 12.6 Å². The zero-order valence-electron chi connectivity index (χ0n) is 8.78. The summed E-state index contributed by atoms with van der Waals surface area (Å²) < 4.78 is 0. The van der Waals surface area contributed by atoms with Gasteiger partial charge in [0.1, 0.15) is 0 Å². The van der Waals surface area contributed by atoms with Crippen LogP contribution in [0.2, 0.25) is 0 Å². The number of thioether (sulfide) groups is 1. The van der Waals surface area contributed by atoms with E-state index in [1.165, 1.54) is 0 Å². The van der Waals surface area contributed by atoms with Gasteiger partial charge in [0.2, 0.25) is 5.91 Å². The van der Waals surface area contributed by atoms with E-state index in [2.05, 4.69) is 10.3 Å². The van der Waals surface area contributed by atoms with Gasteiger partial charge in [0.15, 0.2) is 5.17 Å². The molecule has 0 saturated carbocycles. The summed E-state index contributed by atoms with van der Waals surface area (Å²) in [5, 5.41) is 17.2. The molecular formula is C10H12N4OS. The highest BCUT2D eigenvalue weighted by Gasteiger charge is 2.07. The van der Waals surface area contributed by atoms with Crippen LogP contribution in [0.3, 0.4) is 0 Å². The number of nitrogens with one attached hydrogen (secondary N) is 3. The Morgan fingerprint density at radius 1 is 1.50 bits per heavy atom.